The summed E-state index contributed by atoms with van der Waals surface area (Å²) in [5.74, 6) is 2.96. The molecule has 17 heavy (non-hydrogen) atoms. The molecule has 2 bridgehead atoms. The molecule has 0 saturated heterocycles. The fraction of sp³-hybridized carbons (Fsp3) is 1.00. The van der Waals surface area contributed by atoms with E-state index in [2.05, 4.69) is 11.6 Å². The lowest BCUT2D eigenvalue weighted by Crippen LogP contribution is -2.41. The highest BCUT2D eigenvalue weighted by Crippen LogP contribution is 2.46. The van der Waals surface area contributed by atoms with Gasteiger partial charge >= 0.3 is 0 Å². The molecule has 4 unspecified atom stereocenters. The summed E-state index contributed by atoms with van der Waals surface area (Å²) in [5.41, 5.74) is 0. The van der Waals surface area contributed by atoms with Crippen LogP contribution in [-0.2, 0) is 10.2 Å². The molecule has 0 spiro atoms. The lowest BCUT2D eigenvalue weighted by atomic mass is 9.63. The second-order valence-electron chi connectivity index (χ2n) is 5.84. The van der Waals surface area contributed by atoms with Gasteiger partial charge in [0.15, 0.2) is 0 Å². The Morgan fingerprint density at radius 1 is 1.24 bits per heavy atom. The monoisotopic (exact) mass is 260 g/mol. The third-order valence-electron chi connectivity index (χ3n) is 4.68. The number of hydrogen-bond donors (Lipinski definition) is 2. The summed E-state index contributed by atoms with van der Waals surface area (Å²) in [4.78, 5) is 0. The third kappa shape index (κ3) is 3.66. The molecular formula is C12H24N2O2S. The molecule has 2 fully saturated rings. The lowest BCUT2D eigenvalue weighted by Gasteiger charge is -2.43. The summed E-state index contributed by atoms with van der Waals surface area (Å²) in [5, 5.41) is 5.00. The Hall–Kier alpha value is -0.130. The zero-order valence-corrected chi connectivity index (χ0v) is 11.4. The van der Waals surface area contributed by atoms with Crippen molar-refractivity contribution < 1.29 is 8.42 Å². The minimum absolute atomic E-state index is 0.499. The highest BCUT2D eigenvalue weighted by Gasteiger charge is 2.36. The fourth-order valence-corrected chi connectivity index (χ4v) is 4.19. The maximum absolute atomic E-state index is 10.9. The Morgan fingerprint density at radius 3 is 2.65 bits per heavy atom. The molecule has 4 nitrogen and oxygen atoms in total. The van der Waals surface area contributed by atoms with Crippen LogP contribution in [0.2, 0.25) is 0 Å². The molecule has 2 aliphatic rings. The van der Waals surface area contributed by atoms with E-state index in [1.807, 2.05) is 0 Å². The predicted octanol–water partition coefficient (Wildman–Crippen LogP) is 1.63. The van der Waals surface area contributed by atoms with E-state index < -0.39 is 10.2 Å². The average Bonchev–Trinajstić information content (AvgIpc) is 2.26. The molecule has 0 amide bonds. The summed E-state index contributed by atoms with van der Waals surface area (Å²) >= 11 is 0. The van der Waals surface area contributed by atoms with E-state index in [1.165, 1.54) is 32.1 Å². The molecule has 2 aliphatic carbocycles. The SMILES string of the molecule is CCC1CC2CCC(CNS(N)(=O)=O)C(C1)C2. The minimum atomic E-state index is -3.52. The molecule has 0 aromatic carbocycles. The van der Waals surface area contributed by atoms with Crippen molar-refractivity contribution in [3.63, 3.8) is 0 Å². The number of rotatable bonds is 4. The number of hydrogen-bond acceptors (Lipinski definition) is 2. The maximum Gasteiger partial charge on any atom is 0.274 e. The highest BCUT2D eigenvalue weighted by molar-refractivity contribution is 7.87. The third-order valence-corrected chi connectivity index (χ3v) is 5.24. The van der Waals surface area contributed by atoms with Crippen molar-refractivity contribution >= 4 is 10.2 Å². The quantitative estimate of drug-likeness (QED) is 0.806. The van der Waals surface area contributed by atoms with Gasteiger partial charge in [-0.05, 0) is 49.4 Å². The molecule has 5 heteroatoms. The van der Waals surface area contributed by atoms with Gasteiger partial charge in [-0.2, -0.15) is 8.42 Å². The first kappa shape index (κ1) is 13.3. The molecule has 0 aromatic rings. The van der Waals surface area contributed by atoms with Crippen LogP contribution in [0.3, 0.4) is 0 Å². The van der Waals surface area contributed by atoms with Crippen molar-refractivity contribution in [2.24, 2.45) is 28.8 Å². The van der Waals surface area contributed by atoms with E-state index in [0.29, 0.717) is 18.4 Å². The molecule has 0 heterocycles. The smallest absolute Gasteiger partial charge is 0.216 e. The average molecular weight is 260 g/mol. The Balaban J connectivity index is 1.91. The Labute approximate surface area is 105 Å². The van der Waals surface area contributed by atoms with Gasteiger partial charge in [-0.15, -0.1) is 0 Å². The molecular weight excluding hydrogens is 236 g/mol. The van der Waals surface area contributed by atoms with E-state index >= 15 is 0 Å². The molecule has 2 rings (SSSR count). The predicted molar refractivity (Wildman–Crippen MR) is 68.4 cm³/mol. The highest BCUT2D eigenvalue weighted by atomic mass is 32.2. The summed E-state index contributed by atoms with van der Waals surface area (Å²) in [6, 6.07) is 0. The van der Waals surface area contributed by atoms with Gasteiger partial charge in [0.1, 0.15) is 0 Å². The van der Waals surface area contributed by atoms with Crippen molar-refractivity contribution in [3.8, 4) is 0 Å². The zero-order chi connectivity index (χ0) is 12.5. The molecule has 0 radical (unpaired) electrons. The molecule has 0 aromatic heterocycles. The van der Waals surface area contributed by atoms with Crippen LogP contribution in [0.5, 0.6) is 0 Å². The molecule has 0 aliphatic heterocycles. The molecule has 100 valence electrons. The van der Waals surface area contributed by atoms with Crippen LogP contribution < -0.4 is 9.86 Å². The molecule has 3 N–H and O–H groups in total. The standard InChI is InChI=1S/C12H24N2O2S/c1-2-9-5-10-3-4-11(12(6-9)7-10)8-14-17(13,15)16/h9-12,14H,2-8H2,1H3,(H2,13,15,16). The van der Waals surface area contributed by atoms with Gasteiger partial charge in [-0.1, -0.05) is 19.8 Å². The minimum Gasteiger partial charge on any atom is -0.216 e. The normalized spacial score (nSPS) is 38.0. The van der Waals surface area contributed by atoms with E-state index in [9.17, 15) is 8.42 Å². The number of nitrogens with one attached hydrogen (secondary N) is 1. The fourth-order valence-electron chi connectivity index (χ4n) is 3.75. The van der Waals surface area contributed by atoms with Gasteiger partial charge in [-0.3, -0.25) is 0 Å². The van der Waals surface area contributed by atoms with Gasteiger partial charge in [-0.25, -0.2) is 9.86 Å². The zero-order valence-electron chi connectivity index (χ0n) is 10.6. The number of fused-ring (bicyclic) bond motifs is 2. The van der Waals surface area contributed by atoms with E-state index in [-0.39, 0.29) is 0 Å². The van der Waals surface area contributed by atoms with Gasteiger partial charge in [0, 0.05) is 6.54 Å². The number of nitrogens with two attached hydrogens (primary N) is 1. The van der Waals surface area contributed by atoms with Crippen LogP contribution in [-0.4, -0.2) is 15.0 Å². The second-order valence-corrected chi connectivity index (χ2v) is 7.22. The van der Waals surface area contributed by atoms with Crippen molar-refractivity contribution in [1.82, 2.24) is 4.72 Å². The maximum atomic E-state index is 10.9. The first-order valence-corrected chi connectivity index (χ1v) is 8.30. The molecule has 4 atom stereocenters. The summed E-state index contributed by atoms with van der Waals surface area (Å²) in [7, 11) is -3.52. The van der Waals surface area contributed by atoms with E-state index in [0.717, 1.165) is 18.3 Å². The van der Waals surface area contributed by atoms with Gasteiger partial charge in [0.2, 0.25) is 0 Å². The van der Waals surface area contributed by atoms with Crippen LogP contribution in [0, 0.1) is 23.7 Å². The summed E-state index contributed by atoms with van der Waals surface area (Å²) in [6.45, 7) is 2.80. The van der Waals surface area contributed by atoms with Crippen LogP contribution in [0.15, 0.2) is 0 Å². The van der Waals surface area contributed by atoms with Gasteiger partial charge in [0.05, 0.1) is 0 Å². The van der Waals surface area contributed by atoms with Crippen molar-refractivity contribution in [2.75, 3.05) is 6.54 Å². The lowest BCUT2D eigenvalue weighted by molar-refractivity contribution is 0.0835. The van der Waals surface area contributed by atoms with Crippen LogP contribution in [0.25, 0.3) is 0 Å². The van der Waals surface area contributed by atoms with Crippen molar-refractivity contribution in [1.29, 1.82) is 0 Å². The van der Waals surface area contributed by atoms with Crippen LogP contribution >= 0.6 is 0 Å². The molecule has 2 saturated carbocycles. The van der Waals surface area contributed by atoms with Crippen molar-refractivity contribution in [3.05, 3.63) is 0 Å². The van der Waals surface area contributed by atoms with Crippen LogP contribution in [0.1, 0.15) is 45.4 Å². The first-order valence-electron chi connectivity index (χ1n) is 6.75. The Bertz CT molecular complexity index is 356. The topological polar surface area (TPSA) is 72.2 Å². The van der Waals surface area contributed by atoms with E-state index in [1.54, 1.807) is 0 Å². The Morgan fingerprint density at radius 2 is 2.00 bits per heavy atom. The van der Waals surface area contributed by atoms with Gasteiger partial charge < -0.3 is 0 Å². The summed E-state index contributed by atoms with van der Waals surface area (Å²) < 4.78 is 24.3. The van der Waals surface area contributed by atoms with Crippen LogP contribution in [0.4, 0.5) is 0 Å². The largest absolute Gasteiger partial charge is 0.274 e. The second kappa shape index (κ2) is 5.24. The Kier molecular flexibility index (Phi) is 4.10. The van der Waals surface area contributed by atoms with Crippen molar-refractivity contribution in [2.45, 2.75) is 45.4 Å². The summed E-state index contributed by atoms with van der Waals surface area (Å²) in [6.07, 6.45) is 7.67. The first-order chi connectivity index (χ1) is 7.98. The van der Waals surface area contributed by atoms with E-state index in [4.69, 9.17) is 5.14 Å². The van der Waals surface area contributed by atoms with Gasteiger partial charge in [0.25, 0.3) is 10.2 Å².